The van der Waals surface area contributed by atoms with Gasteiger partial charge in [-0.05, 0) is 30.7 Å². The Morgan fingerprint density at radius 1 is 1.05 bits per heavy atom. The van der Waals surface area contributed by atoms with Gasteiger partial charge in [0.05, 0.1) is 0 Å². The second-order valence-corrected chi connectivity index (χ2v) is 5.48. The largest absolute Gasteiger partial charge is 0.368 e. The third kappa shape index (κ3) is 2.74. The average molecular weight is 297 g/mol. The molecule has 0 unspecified atom stereocenters. The number of anilines is 1. The Balaban J connectivity index is 1.70. The number of rotatable bonds is 2. The lowest BCUT2D eigenvalue weighted by molar-refractivity contribution is 0.0745. The molecular weight excluding hydrogens is 278 g/mol. The van der Waals surface area contributed by atoms with E-state index < -0.39 is 0 Å². The van der Waals surface area contributed by atoms with Gasteiger partial charge in [-0.1, -0.05) is 18.2 Å². The maximum atomic E-state index is 12.4. The van der Waals surface area contributed by atoms with Gasteiger partial charge in [0.1, 0.15) is 5.56 Å². The molecule has 1 aliphatic rings. The third-order valence-electron chi connectivity index (χ3n) is 4.07. The van der Waals surface area contributed by atoms with Crippen LogP contribution in [0.5, 0.6) is 0 Å². The first kappa shape index (κ1) is 14.4. The van der Waals surface area contributed by atoms with Crippen LogP contribution in [-0.2, 0) is 0 Å². The van der Waals surface area contributed by atoms with Gasteiger partial charge in [-0.3, -0.25) is 9.59 Å². The van der Waals surface area contributed by atoms with E-state index in [9.17, 15) is 9.59 Å². The summed E-state index contributed by atoms with van der Waals surface area (Å²) in [4.78, 5) is 30.7. The molecule has 1 N–H and O–H groups in total. The Morgan fingerprint density at radius 3 is 2.45 bits per heavy atom. The second kappa shape index (κ2) is 6.05. The second-order valence-electron chi connectivity index (χ2n) is 5.48. The molecule has 1 aliphatic heterocycles. The number of nitrogens with zero attached hydrogens (tertiary/aromatic N) is 2. The van der Waals surface area contributed by atoms with Crippen LogP contribution < -0.4 is 10.5 Å². The topological polar surface area (TPSA) is 56.4 Å². The molecule has 0 spiro atoms. The molecule has 0 radical (unpaired) electrons. The van der Waals surface area contributed by atoms with E-state index >= 15 is 0 Å². The SMILES string of the molecule is Cc1ccccc1N1CCN(C(=O)c2ccc[nH]c2=O)CC1. The van der Waals surface area contributed by atoms with Crippen molar-refractivity contribution in [1.29, 1.82) is 0 Å². The summed E-state index contributed by atoms with van der Waals surface area (Å²) in [5, 5.41) is 0. The molecule has 0 atom stereocenters. The van der Waals surface area contributed by atoms with Gasteiger partial charge in [0, 0.05) is 38.1 Å². The summed E-state index contributed by atoms with van der Waals surface area (Å²) in [5.74, 6) is -0.189. The molecule has 22 heavy (non-hydrogen) atoms. The number of hydrogen-bond donors (Lipinski definition) is 1. The summed E-state index contributed by atoms with van der Waals surface area (Å²) in [7, 11) is 0. The Kier molecular flexibility index (Phi) is 3.96. The van der Waals surface area contributed by atoms with Crippen molar-refractivity contribution in [2.45, 2.75) is 6.92 Å². The summed E-state index contributed by atoms with van der Waals surface area (Å²) in [5.41, 5.74) is 2.34. The van der Waals surface area contributed by atoms with Crippen LogP contribution in [0.25, 0.3) is 0 Å². The summed E-state index contributed by atoms with van der Waals surface area (Å²) >= 11 is 0. The predicted octanol–water partition coefficient (Wildman–Crippen LogP) is 1.65. The number of piperazine rings is 1. The normalized spacial score (nSPS) is 15.0. The quantitative estimate of drug-likeness (QED) is 0.917. The zero-order valence-electron chi connectivity index (χ0n) is 12.6. The summed E-state index contributed by atoms with van der Waals surface area (Å²) in [6, 6.07) is 11.5. The molecule has 0 bridgehead atoms. The van der Waals surface area contributed by atoms with Gasteiger partial charge in [0.15, 0.2) is 0 Å². The van der Waals surface area contributed by atoms with Crippen LogP contribution >= 0.6 is 0 Å². The Morgan fingerprint density at radius 2 is 1.77 bits per heavy atom. The number of carbonyl (C=O) groups is 1. The highest BCUT2D eigenvalue weighted by Crippen LogP contribution is 2.21. The maximum Gasteiger partial charge on any atom is 0.260 e. The number of carbonyl (C=O) groups excluding carboxylic acids is 1. The number of aromatic nitrogens is 1. The van der Waals surface area contributed by atoms with Crippen LogP contribution in [0, 0.1) is 6.92 Å². The van der Waals surface area contributed by atoms with Crippen molar-refractivity contribution in [1.82, 2.24) is 9.88 Å². The number of amides is 1. The van der Waals surface area contributed by atoms with Crippen molar-refractivity contribution in [3.05, 3.63) is 64.1 Å². The maximum absolute atomic E-state index is 12.4. The van der Waals surface area contributed by atoms with Crippen molar-refractivity contribution >= 4 is 11.6 Å². The number of aryl methyl sites for hydroxylation is 1. The highest BCUT2D eigenvalue weighted by atomic mass is 16.2. The molecule has 0 saturated carbocycles. The molecule has 0 aliphatic carbocycles. The molecule has 5 heteroatoms. The van der Waals surface area contributed by atoms with E-state index in [0.717, 1.165) is 13.1 Å². The van der Waals surface area contributed by atoms with Crippen LogP contribution in [0.15, 0.2) is 47.4 Å². The molecule has 2 aromatic rings. The molecule has 1 amide bonds. The fourth-order valence-electron chi connectivity index (χ4n) is 2.83. The molecule has 3 rings (SSSR count). The molecule has 1 aromatic heterocycles. The minimum Gasteiger partial charge on any atom is -0.368 e. The fourth-order valence-corrected chi connectivity index (χ4v) is 2.83. The van der Waals surface area contributed by atoms with Gasteiger partial charge < -0.3 is 14.8 Å². The lowest BCUT2D eigenvalue weighted by Crippen LogP contribution is -2.49. The number of pyridine rings is 1. The highest BCUT2D eigenvalue weighted by Gasteiger charge is 2.24. The number of H-pyrrole nitrogens is 1. The van der Waals surface area contributed by atoms with Crippen LogP contribution in [0.3, 0.4) is 0 Å². The van der Waals surface area contributed by atoms with Crippen LogP contribution in [0.4, 0.5) is 5.69 Å². The number of benzene rings is 1. The van der Waals surface area contributed by atoms with E-state index in [1.807, 2.05) is 12.1 Å². The minimum atomic E-state index is -0.325. The zero-order valence-corrected chi connectivity index (χ0v) is 12.6. The van der Waals surface area contributed by atoms with Gasteiger partial charge in [-0.25, -0.2) is 0 Å². The van der Waals surface area contributed by atoms with Crippen LogP contribution in [0.1, 0.15) is 15.9 Å². The predicted molar refractivity (Wildman–Crippen MR) is 86.4 cm³/mol. The zero-order chi connectivity index (χ0) is 15.5. The first-order valence-corrected chi connectivity index (χ1v) is 7.44. The van der Waals surface area contributed by atoms with E-state index in [-0.39, 0.29) is 17.0 Å². The first-order valence-electron chi connectivity index (χ1n) is 7.44. The summed E-state index contributed by atoms with van der Waals surface area (Å²) < 4.78 is 0. The molecule has 114 valence electrons. The number of para-hydroxylation sites is 1. The van der Waals surface area contributed by atoms with Gasteiger partial charge in [0.25, 0.3) is 11.5 Å². The average Bonchev–Trinajstić information content (AvgIpc) is 2.55. The van der Waals surface area contributed by atoms with Gasteiger partial charge in [-0.15, -0.1) is 0 Å². The summed E-state index contributed by atoms with van der Waals surface area (Å²) in [6.45, 7) is 4.90. The Bertz CT molecular complexity index is 730. The molecular formula is C17H19N3O2. The van der Waals surface area contributed by atoms with E-state index in [4.69, 9.17) is 0 Å². The lowest BCUT2D eigenvalue weighted by Gasteiger charge is -2.36. The van der Waals surface area contributed by atoms with E-state index in [1.54, 1.807) is 17.0 Å². The molecule has 1 saturated heterocycles. The minimum absolute atomic E-state index is 0.189. The van der Waals surface area contributed by atoms with Crippen molar-refractivity contribution in [2.24, 2.45) is 0 Å². The van der Waals surface area contributed by atoms with Crippen molar-refractivity contribution in [3.63, 3.8) is 0 Å². The van der Waals surface area contributed by atoms with Crippen LogP contribution in [-0.4, -0.2) is 42.0 Å². The summed E-state index contributed by atoms with van der Waals surface area (Å²) in [6.07, 6.45) is 1.54. The number of hydrogen-bond acceptors (Lipinski definition) is 3. The molecule has 2 heterocycles. The van der Waals surface area contributed by atoms with Crippen molar-refractivity contribution < 1.29 is 4.79 Å². The third-order valence-corrected chi connectivity index (χ3v) is 4.07. The van der Waals surface area contributed by atoms with Crippen molar-refractivity contribution in [3.8, 4) is 0 Å². The standard InChI is InChI=1S/C17H19N3O2/c1-13-5-2-3-7-15(13)19-9-11-20(12-10-19)17(22)14-6-4-8-18-16(14)21/h2-8H,9-12H2,1H3,(H,18,21). The van der Waals surface area contributed by atoms with E-state index in [2.05, 4.69) is 28.9 Å². The molecule has 1 aromatic carbocycles. The van der Waals surface area contributed by atoms with Crippen LogP contribution in [0.2, 0.25) is 0 Å². The Hall–Kier alpha value is -2.56. The lowest BCUT2D eigenvalue weighted by atomic mass is 10.1. The van der Waals surface area contributed by atoms with Gasteiger partial charge in [0.2, 0.25) is 0 Å². The van der Waals surface area contributed by atoms with E-state index in [1.165, 1.54) is 17.4 Å². The molecule has 1 fully saturated rings. The van der Waals surface area contributed by atoms with Crippen molar-refractivity contribution in [2.75, 3.05) is 31.1 Å². The number of nitrogens with one attached hydrogen (secondary N) is 1. The van der Waals surface area contributed by atoms with Gasteiger partial charge >= 0.3 is 0 Å². The van der Waals surface area contributed by atoms with E-state index in [0.29, 0.717) is 13.1 Å². The van der Waals surface area contributed by atoms with Gasteiger partial charge in [-0.2, -0.15) is 0 Å². The highest BCUT2D eigenvalue weighted by molar-refractivity contribution is 5.94. The Labute approximate surface area is 129 Å². The smallest absolute Gasteiger partial charge is 0.260 e. The first-order chi connectivity index (χ1) is 10.7. The molecule has 5 nitrogen and oxygen atoms in total. The number of aromatic amines is 1. The fraction of sp³-hybridized carbons (Fsp3) is 0.294. The monoisotopic (exact) mass is 297 g/mol.